The van der Waals surface area contributed by atoms with Crippen LogP contribution in [0, 0.1) is 0 Å². The lowest BCUT2D eigenvalue weighted by atomic mass is 9.46. The second-order valence-electron chi connectivity index (χ2n) is 6.28. The van der Waals surface area contributed by atoms with Crippen LogP contribution in [-0.4, -0.2) is 30.1 Å². The molecule has 1 N–H and O–H groups in total. The standard InChI is InChI=1S/C20H29BN4/c1-6-17(7-2)18(8-3)15-21(4)19-16-23-25-14-12-10-9-11-13-22-24(5)20(19)25/h6-8,12,14-16,22H,1,3,9-11,13H2,2,4-5H3/b14-12-,17-7+,18-15+. The van der Waals surface area contributed by atoms with Crippen LogP contribution in [0.15, 0.2) is 60.8 Å². The lowest BCUT2D eigenvalue weighted by Gasteiger charge is -2.23. The number of allylic oxidation sites excluding steroid dienone is 6. The van der Waals surface area contributed by atoms with Gasteiger partial charge in [0.05, 0.1) is 0 Å². The van der Waals surface area contributed by atoms with Crippen molar-refractivity contribution in [2.24, 2.45) is 0 Å². The Morgan fingerprint density at radius 1 is 1.28 bits per heavy atom. The topological polar surface area (TPSA) is 33.1 Å². The second-order valence-corrected chi connectivity index (χ2v) is 6.28. The Labute approximate surface area is 152 Å². The number of fused-ring (bicyclic) bond motifs is 1. The van der Waals surface area contributed by atoms with Crippen LogP contribution in [-0.2, 0) is 0 Å². The summed E-state index contributed by atoms with van der Waals surface area (Å²) in [4.78, 5) is 0. The number of hydrogen-bond donors (Lipinski definition) is 1. The minimum atomic E-state index is 0.201. The van der Waals surface area contributed by atoms with Crippen molar-refractivity contribution in [3.8, 4) is 0 Å². The highest BCUT2D eigenvalue weighted by Crippen LogP contribution is 2.16. The maximum atomic E-state index is 4.58. The van der Waals surface area contributed by atoms with Crippen LogP contribution in [0.4, 0.5) is 5.82 Å². The van der Waals surface area contributed by atoms with E-state index in [1.54, 1.807) is 0 Å². The number of nitrogens with one attached hydrogen (secondary N) is 1. The summed E-state index contributed by atoms with van der Waals surface area (Å²) in [6, 6.07) is 0. The molecule has 0 fully saturated rings. The van der Waals surface area contributed by atoms with Crippen molar-refractivity contribution in [2.45, 2.75) is 33.0 Å². The van der Waals surface area contributed by atoms with Gasteiger partial charge in [-0.3, -0.25) is 5.01 Å². The zero-order valence-electron chi connectivity index (χ0n) is 15.7. The first kappa shape index (κ1) is 19.1. The van der Waals surface area contributed by atoms with Gasteiger partial charge < -0.3 is 0 Å². The molecule has 0 spiro atoms. The normalized spacial score (nSPS) is 17.6. The average Bonchev–Trinajstić information content (AvgIpc) is 3.05. The van der Waals surface area contributed by atoms with Crippen LogP contribution in [0.3, 0.4) is 0 Å². The lowest BCUT2D eigenvalue weighted by Crippen LogP contribution is -2.41. The van der Waals surface area contributed by atoms with Gasteiger partial charge in [0, 0.05) is 26.0 Å². The summed E-state index contributed by atoms with van der Waals surface area (Å²) in [7, 11) is 2.05. The van der Waals surface area contributed by atoms with E-state index in [1.165, 1.54) is 11.9 Å². The van der Waals surface area contributed by atoms with Gasteiger partial charge in [-0.25, -0.2) is 10.1 Å². The van der Waals surface area contributed by atoms with Gasteiger partial charge in [-0.2, -0.15) is 5.10 Å². The Hall–Kier alpha value is -2.27. The van der Waals surface area contributed by atoms with Crippen LogP contribution < -0.4 is 15.9 Å². The van der Waals surface area contributed by atoms with Crippen molar-refractivity contribution in [1.82, 2.24) is 15.2 Å². The molecule has 1 aromatic heterocycles. The molecule has 0 saturated heterocycles. The van der Waals surface area contributed by atoms with E-state index >= 15 is 0 Å². The number of hydrogen-bond acceptors (Lipinski definition) is 3. The SMILES string of the molecule is C=CC(=C\C)/C(C=C)=C/B(C)c1cnn2c1N(C)NCCCC/C=C\2. The molecule has 0 radical (unpaired) electrons. The summed E-state index contributed by atoms with van der Waals surface area (Å²) in [6.45, 7) is 13.2. The molecule has 4 nitrogen and oxygen atoms in total. The summed E-state index contributed by atoms with van der Waals surface area (Å²) in [6.07, 6.45) is 15.5. The minimum absolute atomic E-state index is 0.201. The predicted octanol–water partition coefficient (Wildman–Crippen LogP) is 3.59. The van der Waals surface area contributed by atoms with Crippen LogP contribution >= 0.6 is 0 Å². The van der Waals surface area contributed by atoms with Gasteiger partial charge in [0.15, 0.2) is 0 Å². The number of rotatable bonds is 5. The number of anilines is 1. The third-order valence-electron chi connectivity index (χ3n) is 4.51. The maximum Gasteiger partial charge on any atom is 0.205 e. The van der Waals surface area contributed by atoms with Gasteiger partial charge in [-0.1, -0.05) is 44.3 Å². The Kier molecular flexibility index (Phi) is 7.08. The molecule has 0 atom stereocenters. The van der Waals surface area contributed by atoms with E-state index in [4.69, 9.17) is 0 Å². The van der Waals surface area contributed by atoms with Crippen molar-refractivity contribution in [3.05, 3.63) is 60.8 Å². The largest absolute Gasteiger partial charge is 0.296 e. The van der Waals surface area contributed by atoms with E-state index in [9.17, 15) is 0 Å². The van der Waals surface area contributed by atoms with Crippen molar-refractivity contribution in [2.75, 3.05) is 18.6 Å². The van der Waals surface area contributed by atoms with Gasteiger partial charge in [0.2, 0.25) is 6.71 Å². The second kappa shape index (κ2) is 9.28. The molecule has 2 rings (SSSR count). The zero-order valence-corrected chi connectivity index (χ0v) is 15.7. The lowest BCUT2D eigenvalue weighted by molar-refractivity contribution is 0.606. The van der Waals surface area contributed by atoms with Crippen molar-refractivity contribution in [3.63, 3.8) is 0 Å². The Morgan fingerprint density at radius 2 is 2.04 bits per heavy atom. The third-order valence-corrected chi connectivity index (χ3v) is 4.51. The summed E-state index contributed by atoms with van der Waals surface area (Å²) >= 11 is 0. The molecule has 0 bridgehead atoms. The first-order valence-corrected chi connectivity index (χ1v) is 8.97. The van der Waals surface area contributed by atoms with E-state index in [0.717, 1.165) is 36.4 Å². The smallest absolute Gasteiger partial charge is 0.205 e. The molecule has 1 aromatic rings. The van der Waals surface area contributed by atoms with E-state index in [0.29, 0.717) is 0 Å². The number of aromatic nitrogens is 2. The zero-order chi connectivity index (χ0) is 18.2. The molecule has 0 aliphatic carbocycles. The molecule has 5 heteroatoms. The molecule has 2 heterocycles. The summed E-state index contributed by atoms with van der Waals surface area (Å²) < 4.78 is 1.95. The molecule has 25 heavy (non-hydrogen) atoms. The third kappa shape index (κ3) is 4.64. The first-order chi connectivity index (χ1) is 12.1. The monoisotopic (exact) mass is 336 g/mol. The minimum Gasteiger partial charge on any atom is -0.296 e. The van der Waals surface area contributed by atoms with E-state index in [2.05, 4.69) is 66.9 Å². The molecule has 0 aromatic carbocycles. The van der Waals surface area contributed by atoms with Crippen molar-refractivity contribution >= 4 is 24.2 Å². The number of nitrogens with zero attached hydrogens (tertiary/aromatic N) is 3. The molecule has 132 valence electrons. The predicted molar refractivity (Wildman–Crippen MR) is 111 cm³/mol. The van der Waals surface area contributed by atoms with Gasteiger partial charge in [0.25, 0.3) is 0 Å². The van der Waals surface area contributed by atoms with Gasteiger partial charge in [-0.15, -0.1) is 5.98 Å². The van der Waals surface area contributed by atoms with E-state index < -0.39 is 0 Å². The molecule has 1 aliphatic rings. The van der Waals surface area contributed by atoms with Crippen molar-refractivity contribution < 1.29 is 0 Å². The Morgan fingerprint density at radius 3 is 2.72 bits per heavy atom. The average molecular weight is 336 g/mol. The van der Waals surface area contributed by atoms with E-state index in [1.807, 2.05) is 30.0 Å². The van der Waals surface area contributed by atoms with E-state index in [-0.39, 0.29) is 6.71 Å². The van der Waals surface area contributed by atoms with Crippen molar-refractivity contribution in [1.29, 1.82) is 0 Å². The van der Waals surface area contributed by atoms with Gasteiger partial charge in [-0.05, 0) is 42.8 Å². The Balaban J connectivity index is 2.42. The summed E-state index contributed by atoms with van der Waals surface area (Å²) in [5.74, 6) is 3.30. The fraction of sp³-hybridized carbons (Fsp3) is 0.350. The van der Waals surface area contributed by atoms with Crippen LogP contribution in [0.2, 0.25) is 6.82 Å². The maximum absolute atomic E-state index is 4.58. The molecule has 0 unspecified atom stereocenters. The quantitative estimate of drug-likeness (QED) is 0.659. The highest BCUT2D eigenvalue weighted by atomic mass is 15.5. The summed E-state index contributed by atoms with van der Waals surface area (Å²) in [5.41, 5.74) is 6.84. The van der Waals surface area contributed by atoms with Crippen LogP contribution in [0.5, 0.6) is 0 Å². The number of hydrazine groups is 1. The molecule has 0 saturated carbocycles. The molecule has 0 amide bonds. The van der Waals surface area contributed by atoms with Crippen LogP contribution in [0.25, 0.3) is 6.20 Å². The fourth-order valence-corrected chi connectivity index (χ4v) is 3.07. The van der Waals surface area contributed by atoms with Gasteiger partial charge in [0.1, 0.15) is 5.82 Å². The molecular weight excluding hydrogens is 307 g/mol. The Bertz CT molecular complexity index is 697. The van der Waals surface area contributed by atoms with Crippen LogP contribution in [0.1, 0.15) is 26.2 Å². The molecule has 1 aliphatic heterocycles. The summed E-state index contributed by atoms with van der Waals surface area (Å²) in [5, 5.41) is 6.66. The van der Waals surface area contributed by atoms with Gasteiger partial charge >= 0.3 is 0 Å². The highest BCUT2D eigenvalue weighted by Gasteiger charge is 2.20. The first-order valence-electron chi connectivity index (χ1n) is 8.97. The fourth-order valence-electron chi connectivity index (χ4n) is 3.07. The highest BCUT2D eigenvalue weighted by molar-refractivity contribution is 6.78. The molecular formula is C20H29BN4.